The smallest absolute Gasteiger partial charge is 0.414 e. The predicted octanol–water partition coefficient (Wildman–Crippen LogP) is 4.54. The fraction of sp³-hybridized carbons (Fsp3) is 0.414. The van der Waals surface area contributed by atoms with Gasteiger partial charge in [0, 0.05) is 48.3 Å². The molecule has 2 saturated heterocycles. The standard InChI is InChI=1S/C29H30FN5O6/c1-28(2,3)41-26(37)34-13-21-22(14-34)29(21,16-31)24-7-4-17(11-33-24)20-6-5-18(10-23(20)30)35-12-19(40-27(35)38)15-39-25(32)8-9-36/h4-11,19,21-22,32,36H,12-15H2,1-3H3/b9-8-,32-25?/t19-,21-,22+,29+/m1/s1. The lowest BCUT2D eigenvalue weighted by Crippen LogP contribution is -2.39. The van der Waals surface area contributed by atoms with E-state index in [1.807, 2.05) is 20.8 Å². The van der Waals surface area contributed by atoms with Crippen LogP contribution in [0.15, 0.2) is 48.9 Å². The zero-order valence-corrected chi connectivity index (χ0v) is 22.8. The summed E-state index contributed by atoms with van der Waals surface area (Å²) in [6.45, 7) is 6.28. The van der Waals surface area contributed by atoms with Gasteiger partial charge in [-0.3, -0.25) is 15.3 Å². The number of amides is 2. The molecule has 3 heterocycles. The van der Waals surface area contributed by atoms with Gasteiger partial charge >= 0.3 is 12.2 Å². The number of nitrogens with zero attached hydrogens (tertiary/aromatic N) is 4. The number of aromatic nitrogens is 1. The first-order chi connectivity index (χ1) is 19.5. The summed E-state index contributed by atoms with van der Waals surface area (Å²) in [5.74, 6) is -0.933. The first-order valence-electron chi connectivity index (χ1n) is 13.1. The van der Waals surface area contributed by atoms with Crippen molar-refractivity contribution >= 4 is 23.8 Å². The van der Waals surface area contributed by atoms with E-state index in [4.69, 9.17) is 24.7 Å². The maximum atomic E-state index is 15.2. The number of aliphatic hydroxyl groups is 1. The van der Waals surface area contributed by atoms with Crippen LogP contribution in [0.25, 0.3) is 11.1 Å². The Balaban J connectivity index is 1.24. The number of anilines is 1. The third-order valence-electron chi connectivity index (χ3n) is 7.50. The van der Waals surface area contributed by atoms with Gasteiger partial charge in [0.1, 0.15) is 23.4 Å². The first kappa shape index (κ1) is 27.9. The second-order valence-corrected chi connectivity index (χ2v) is 11.3. The largest absolute Gasteiger partial charge is 0.515 e. The minimum absolute atomic E-state index is 0.0411. The molecule has 2 aromatic rings. The molecule has 4 atom stereocenters. The fourth-order valence-corrected chi connectivity index (χ4v) is 5.53. The molecule has 11 nitrogen and oxygen atoms in total. The number of pyridine rings is 1. The van der Waals surface area contributed by atoms with E-state index in [0.717, 1.165) is 6.08 Å². The molecule has 0 radical (unpaired) electrons. The quantitative estimate of drug-likeness (QED) is 0.296. The Morgan fingerprint density at radius 1 is 1.29 bits per heavy atom. The topological polar surface area (TPSA) is 149 Å². The minimum Gasteiger partial charge on any atom is -0.515 e. The molecule has 1 aliphatic carbocycles. The number of carbonyl (C=O) groups excluding carboxylic acids is 2. The number of nitriles is 1. The monoisotopic (exact) mass is 563 g/mol. The number of halogens is 1. The van der Waals surface area contributed by atoms with Crippen molar-refractivity contribution in [1.82, 2.24) is 9.88 Å². The summed E-state index contributed by atoms with van der Waals surface area (Å²) >= 11 is 0. The summed E-state index contributed by atoms with van der Waals surface area (Å²) in [6, 6.07) is 10.2. The first-order valence-corrected chi connectivity index (χ1v) is 13.1. The molecule has 2 amide bonds. The normalized spacial score (nSPS) is 25.0. The highest BCUT2D eigenvalue weighted by atomic mass is 19.1. The van der Waals surface area contributed by atoms with E-state index in [9.17, 15) is 14.9 Å². The van der Waals surface area contributed by atoms with E-state index in [-0.39, 0.29) is 42.5 Å². The van der Waals surface area contributed by atoms with Crippen LogP contribution in [0.4, 0.5) is 19.7 Å². The van der Waals surface area contributed by atoms with Crippen molar-refractivity contribution in [3.63, 3.8) is 0 Å². The van der Waals surface area contributed by atoms with Gasteiger partial charge in [-0.2, -0.15) is 5.26 Å². The molecular weight excluding hydrogens is 533 g/mol. The van der Waals surface area contributed by atoms with Crippen LogP contribution in [0.5, 0.6) is 0 Å². The maximum Gasteiger partial charge on any atom is 0.414 e. The molecule has 0 unspecified atom stereocenters. The van der Waals surface area contributed by atoms with Gasteiger partial charge in [-0.1, -0.05) is 6.07 Å². The summed E-state index contributed by atoms with van der Waals surface area (Å²) < 4.78 is 31.0. The lowest BCUT2D eigenvalue weighted by atomic mass is 9.95. The molecule has 3 fully saturated rings. The van der Waals surface area contributed by atoms with E-state index in [1.54, 1.807) is 29.2 Å². The van der Waals surface area contributed by atoms with Gasteiger partial charge in [0.15, 0.2) is 6.10 Å². The number of likely N-dealkylation sites (tertiary alicyclic amines) is 1. The van der Waals surface area contributed by atoms with Crippen molar-refractivity contribution in [2.24, 2.45) is 11.8 Å². The lowest BCUT2D eigenvalue weighted by Gasteiger charge is -2.27. The number of carbonyl (C=O) groups is 2. The lowest BCUT2D eigenvalue weighted by molar-refractivity contribution is 0.0265. The Hall–Kier alpha value is -4.66. The van der Waals surface area contributed by atoms with Crippen LogP contribution in [0.2, 0.25) is 0 Å². The Labute approximate surface area is 236 Å². The number of fused-ring (bicyclic) bond motifs is 1. The van der Waals surface area contributed by atoms with Gasteiger partial charge in [0.2, 0.25) is 5.90 Å². The summed E-state index contributed by atoms with van der Waals surface area (Å²) in [5, 5.41) is 26.2. The molecule has 1 aromatic carbocycles. The third kappa shape index (κ3) is 5.27. The van der Waals surface area contributed by atoms with E-state index < -0.39 is 29.0 Å². The third-order valence-corrected chi connectivity index (χ3v) is 7.50. The van der Waals surface area contributed by atoms with Crippen molar-refractivity contribution in [2.75, 3.05) is 31.1 Å². The van der Waals surface area contributed by atoms with E-state index in [0.29, 0.717) is 36.3 Å². The Morgan fingerprint density at radius 2 is 2.02 bits per heavy atom. The minimum atomic E-state index is -0.789. The van der Waals surface area contributed by atoms with Crippen molar-refractivity contribution in [1.29, 1.82) is 10.7 Å². The van der Waals surface area contributed by atoms with Crippen molar-refractivity contribution < 1.29 is 33.3 Å². The van der Waals surface area contributed by atoms with Crippen LogP contribution in [0, 0.1) is 34.4 Å². The zero-order chi connectivity index (χ0) is 29.5. The SMILES string of the molecule is CC(C)(C)OC(=O)N1C[C@@H]2[C@H](C1)[C@@]2(C#N)c1ccc(-c2ccc(N3C[C@H](COC(=N)/C=C\O)OC3=O)cc2F)cn1. The molecule has 214 valence electrons. The summed E-state index contributed by atoms with van der Waals surface area (Å²) in [7, 11) is 0. The molecule has 0 spiro atoms. The number of cyclic esters (lactones) is 1. The summed E-state index contributed by atoms with van der Waals surface area (Å²) in [5.41, 5.74) is 0.303. The van der Waals surface area contributed by atoms with Gasteiger partial charge in [0.25, 0.3) is 0 Å². The van der Waals surface area contributed by atoms with Gasteiger partial charge < -0.3 is 24.2 Å². The van der Waals surface area contributed by atoms with Crippen LogP contribution in [0.1, 0.15) is 26.5 Å². The molecule has 1 aromatic heterocycles. The highest BCUT2D eigenvalue weighted by molar-refractivity contribution is 5.90. The van der Waals surface area contributed by atoms with Gasteiger partial charge in [-0.15, -0.1) is 0 Å². The van der Waals surface area contributed by atoms with Crippen LogP contribution < -0.4 is 4.90 Å². The fourth-order valence-electron chi connectivity index (χ4n) is 5.53. The molecule has 1 saturated carbocycles. The zero-order valence-electron chi connectivity index (χ0n) is 22.8. The van der Waals surface area contributed by atoms with Gasteiger partial charge in [0.05, 0.1) is 30.3 Å². The number of hydrogen-bond acceptors (Lipinski definition) is 9. The van der Waals surface area contributed by atoms with E-state index in [1.165, 1.54) is 17.2 Å². The van der Waals surface area contributed by atoms with Gasteiger partial charge in [-0.05, 0) is 45.0 Å². The number of aliphatic hydroxyl groups excluding tert-OH is 1. The van der Waals surface area contributed by atoms with Crippen LogP contribution in [-0.2, 0) is 19.6 Å². The number of nitrogens with one attached hydrogen (secondary N) is 1. The van der Waals surface area contributed by atoms with Gasteiger partial charge in [-0.25, -0.2) is 14.0 Å². The van der Waals surface area contributed by atoms with Crippen LogP contribution in [0.3, 0.4) is 0 Å². The average Bonchev–Trinajstić information content (AvgIpc) is 3.19. The van der Waals surface area contributed by atoms with Crippen molar-refractivity contribution in [3.8, 4) is 17.2 Å². The molecule has 2 N–H and O–H groups in total. The maximum absolute atomic E-state index is 15.2. The highest BCUT2D eigenvalue weighted by Crippen LogP contribution is 2.62. The summed E-state index contributed by atoms with van der Waals surface area (Å²) in [4.78, 5) is 32.2. The number of rotatable bonds is 6. The molecule has 3 aliphatic rings. The molecule has 41 heavy (non-hydrogen) atoms. The van der Waals surface area contributed by atoms with E-state index in [2.05, 4.69) is 11.1 Å². The Morgan fingerprint density at radius 3 is 2.61 bits per heavy atom. The number of benzene rings is 1. The van der Waals surface area contributed by atoms with Crippen molar-refractivity contribution in [3.05, 3.63) is 60.4 Å². The van der Waals surface area contributed by atoms with Crippen LogP contribution >= 0.6 is 0 Å². The molecular formula is C29H30FN5O6. The number of ether oxygens (including phenoxy) is 3. The van der Waals surface area contributed by atoms with Crippen molar-refractivity contribution in [2.45, 2.75) is 37.9 Å². The summed E-state index contributed by atoms with van der Waals surface area (Å²) in [6.07, 6.45) is 1.52. The van der Waals surface area contributed by atoms with E-state index >= 15 is 4.39 Å². The second-order valence-electron chi connectivity index (χ2n) is 11.3. The van der Waals surface area contributed by atoms with Crippen LogP contribution in [-0.4, -0.2) is 71.0 Å². The molecule has 0 bridgehead atoms. The predicted molar refractivity (Wildman–Crippen MR) is 145 cm³/mol. The Bertz CT molecular complexity index is 1440. The molecule has 12 heteroatoms. The molecule has 2 aliphatic heterocycles. The average molecular weight is 564 g/mol. The second kappa shape index (κ2) is 10.4. The molecule has 5 rings (SSSR count). The number of hydrogen-bond donors (Lipinski definition) is 2. The number of piperidine rings is 1. The highest BCUT2D eigenvalue weighted by Gasteiger charge is 2.71. The Kier molecular flexibility index (Phi) is 7.07.